The van der Waals surface area contributed by atoms with Crippen LogP contribution >= 0.6 is 11.6 Å². The monoisotopic (exact) mass is 311 g/mol. The Morgan fingerprint density at radius 2 is 2.05 bits per heavy atom. The lowest BCUT2D eigenvalue weighted by atomic mass is 9.76. The summed E-state index contributed by atoms with van der Waals surface area (Å²) in [7, 11) is 0. The van der Waals surface area contributed by atoms with Gasteiger partial charge in [-0.15, -0.1) is 0 Å². The molecule has 0 bridgehead atoms. The normalized spacial score (nSPS) is 21.8. The number of carboxylic acids is 1. The van der Waals surface area contributed by atoms with E-state index in [4.69, 9.17) is 11.6 Å². The van der Waals surface area contributed by atoms with Gasteiger partial charge in [-0.05, 0) is 30.5 Å². The number of amides is 1. The van der Waals surface area contributed by atoms with Gasteiger partial charge in [-0.2, -0.15) is 0 Å². The van der Waals surface area contributed by atoms with Gasteiger partial charge in [0.15, 0.2) is 0 Å². The minimum absolute atomic E-state index is 0.0826. The molecule has 2 N–H and O–H groups in total. The summed E-state index contributed by atoms with van der Waals surface area (Å²) in [5.74, 6) is -1.51. The molecule has 5 nitrogen and oxygen atoms in total. The van der Waals surface area contributed by atoms with Crippen molar-refractivity contribution in [1.82, 2.24) is 4.90 Å². The molecule has 1 aliphatic heterocycles. The third-order valence-electron chi connectivity index (χ3n) is 4.31. The molecule has 1 aromatic rings. The number of carbonyl (C=O) groups is 2. The summed E-state index contributed by atoms with van der Waals surface area (Å²) in [6.07, 6.45) is 0.410. The summed E-state index contributed by atoms with van der Waals surface area (Å²) in [6, 6.07) is 4.25. The minimum Gasteiger partial charge on any atom is -0.507 e. The second-order valence-corrected chi connectivity index (χ2v) is 6.19. The molecular weight excluding hydrogens is 294 g/mol. The van der Waals surface area contributed by atoms with Crippen molar-refractivity contribution < 1.29 is 19.8 Å². The Morgan fingerprint density at radius 1 is 1.38 bits per heavy atom. The van der Waals surface area contributed by atoms with Crippen LogP contribution in [0.5, 0.6) is 5.75 Å². The molecule has 0 aliphatic carbocycles. The average Bonchev–Trinajstić information content (AvgIpc) is 2.87. The maximum atomic E-state index is 12.5. The maximum Gasteiger partial charge on any atom is 0.311 e. The van der Waals surface area contributed by atoms with Crippen molar-refractivity contribution in [2.45, 2.75) is 20.3 Å². The first-order valence-electron chi connectivity index (χ1n) is 6.79. The van der Waals surface area contributed by atoms with Crippen molar-refractivity contribution in [3.8, 4) is 5.75 Å². The molecule has 114 valence electrons. The number of halogens is 1. The highest BCUT2D eigenvalue weighted by atomic mass is 35.5. The van der Waals surface area contributed by atoms with Crippen molar-refractivity contribution in [3.05, 3.63) is 28.8 Å². The predicted molar refractivity (Wildman–Crippen MR) is 78.5 cm³/mol. The van der Waals surface area contributed by atoms with E-state index >= 15 is 0 Å². The summed E-state index contributed by atoms with van der Waals surface area (Å²) < 4.78 is 0. The molecule has 2 rings (SSSR count). The Kier molecular flexibility index (Phi) is 4.14. The fourth-order valence-electron chi connectivity index (χ4n) is 2.75. The SMILES string of the molecule is CC(C)C1(C(=O)O)CCN(C(=O)c2cc(Cl)ccc2O)C1. The van der Waals surface area contributed by atoms with Crippen molar-refractivity contribution in [3.63, 3.8) is 0 Å². The van der Waals surface area contributed by atoms with Crippen LogP contribution in [0.3, 0.4) is 0 Å². The summed E-state index contributed by atoms with van der Waals surface area (Å²) in [5.41, 5.74) is -0.823. The first-order valence-corrected chi connectivity index (χ1v) is 7.17. The molecular formula is C15H18ClNO4. The highest BCUT2D eigenvalue weighted by Crippen LogP contribution is 2.39. The molecule has 0 spiro atoms. The molecule has 1 amide bonds. The van der Waals surface area contributed by atoms with Gasteiger partial charge in [0.2, 0.25) is 0 Å². The van der Waals surface area contributed by atoms with Crippen LogP contribution in [-0.2, 0) is 4.79 Å². The number of hydrogen-bond acceptors (Lipinski definition) is 3. The van der Waals surface area contributed by atoms with Crippen LogP contribution in [0.15, 0.2) is 18.2 Å². The smallest absolute Gasteiger partial charge is 0.311 e. The van der Waals surface area contributed by atoms with Gasteiger partial charge in [0.25, 0.3) is 5.91 Å². The van der Waals surface area contributed by atoms with Crippen LogP contribution in [0.25, 0.3) is 0 Å². The van der Waals surface area contributed by atoms with Gasteiger partial charge in [0.05, 0.1) is 11.0 Å². The third kappa shape index (κ3) is 2.70. The Morgan fingerprint density at radius 3 is 2.57 bits per heavy atom. The number of nitrogens with zero attached hydrogens (tertiary/aromatic N) is 1. The van der Waals surface area contributed by atoms with Gasteiger partial charge in [0.1, 0.15) is 5.75 Å². The van der Waals surface area contributed by atoms with Crippen LogP contribution in [0.2, 0.25) is 5.02 Å². The van der Waals surface area contributed by atoms with Crippen LogP contribution in [0.1, 0.15) is 30.6 Å². The fourth-order valence-corrected chi connectivity index (χ4v) is 2.92. The van der Waals surface area contributed by atoms with Gasteiger partial charge in [-0.1, -0.05) is 25.4 Å². The van der Waals surface area contributed by atoms with Crippen molar-refractivity contribution >= 4 is 23.5 Å². The fraction of sp³-hybridized carbons (Fsp3) is 0.467. The number of carbonyl (C=O) groups excluding carboxylic acids is 1. The molecule has 1 heterocycles. The molecule has 6 heteroatoms. The van der Waals surface area contributed by atoms with Gasteiger partial charge in [-0.3, -0.25) is 9.59 Å². The van der Waals surface area contributed by atoms with Crippen LogP contribution in [-0.4, -0.2) is 40.1 Å². The van der Waals surface area contributed by atoms with Gasteiger partial charge in [0, 0.05) is 18.1 Å². The minimum atomic E-state index is -0.927. The van der Waals surface area contributed by atoms with Crippen LogP contribution in [0.4, 0.5) is 0 Å². The highest BCUT2D eigenvalue weighted by Gasteiger charge is 2.48. The molecule has 0 saturated carbocycles. The van der Waals surface area contributed by atoms with E-state index in [0.717, 1.165) is 0 Å². The van der Waals surface area contributed by atoms with E-state index < -0.39 is 17.3 Å². The number of phenols is 1. The predicted octanol–water partition coefficient (Wildman–Crippen LogP) is 2.62. The number of aliphatic carboxylic acids is 1. The first kappa shape index (κ1) is 15.6. The zero-order valence-corrected chi connectivity index (χ0v) is 12.7. The van der Waals surface area contributed by atoms with E-state index in [9.17, 15) is 19.8 Å². The standard InChI is InChI=1S/C15H18ClNO4/c1-9(2)15(14(20)21)5-6-17(8-15)13(19)11-7-10(16)3-4-12(11)18/h3-4,7,9,18H,5-6,8H2,1-2H3,(H,20,21). The number of hydrogen-bond donors (Lipinski definition) is 2. The summed E-state index contributed by atoms with van der Waals surface area (Å²) >= 11 is 5.85. The zero-order valence-electron chi connectivity index (χ0n) is 12.0. The Labute approximate surface area is 128 Å². The maximum absolute atomic E-state index is 12.5. The number of carboxylic acid groups (broad SMARTS) is 1. The van der Waals surface area contributed by atoms with Gasteiger partial charge < -0.3 is 15.1 Å². The zero-order chi connectivity index (χ0) is 15.8. The Balaban J connectivity index is 2.27. The molecule has 0 radical (unpaired) electrons. The molecule has 0 aromatic heterocycles. The van der Waals surface area contributed by atoms with E-state index in [0.29, 0.717) is 18.0 Å². The van der Waals surface area contributed by atoms with E-state index in [-0.39, 0.29) is 23.8 Å². The molecule has 1 saturated heterocycles. The topological polar surface area (TPSA) is 77.8 Å². The quantitative estimate of drug-likeness (QED) is 0.899. The summed E-state index contributed by atoms with van der Waals surface area (Å²) in [4.78, 5) is 25.5. The van der Waals surface area contributed by atoms with Gasteiger partial charge in [-0.25, -0.2) is 0 Å². The Hall–Kier alpha value is -1.75. The van der Waals surface area contributed by atoms with Crippen molar-refractivity contribution in [2.24, 2.45) is 11.3 Å². The summed E-state index contributed by atoms with van der Waals surface area (Å²) in [6.45, 7) is 4.19. The number of benzene rings is 1. The van der Waals surface area contributed by atoms with E-state index in [1.807, 2.05) is 13.8 Å². The Bertz CT molecular complexity index is 587. The van der Waals surface area contributed by atoms with E-state index in [2.05, 4.69) is 0 Å². The molecule has 1 unspecified atom stereocenters. The lowest BCUT2D eigenvalue weighted by molar-refractivity contribution is -0.150. The summed E-state index contributed by atoms with van der Waals surface area (Å²) in [5, 5.41) is 19.6. The molecule has 1 fully saturated rings. The second-order valence-electron chi connectivity index (χ2n) is 5.75. The molecule has 1 aliphatic rings. The number of rotatable bonds is 3. The van der Waals surface area contributed by atoms with Crippen molar-refractivity contribution in [2.75, 3.05) is 13.1 Å². The molecule has 1 atom stereocenters. The molecule has 21 heavy (non-hydrogen) atoms. The van der Waals surface area contributed by atoms with Crippen molar-refractivity contribution in [1.29, 1.82) is 0 Å². The second kappa shape index (κ2) is 5.56. The largest absolute Gasteiger partial charge is 0.507 e. The number of phenolic OH excluding ortho intramolecular Hbond substituents is 1. The first-order chi connectivity index (χ1) is 9.78. The number of aromatic hydroxyl groups is 1. The van der Waals surface area contributed by atoms with Crippen LogP contribution in [0, 0.1) is 11.3 Å². The van der Waals surface area contributed by atoms with Gasteiger partial charge >= 0.3 is 5.97 Å². The van der Waals surface area contributed by atoms with E-state index in [1.165, 1.54) is 23.1 Å². The van der Waals surface area contributed by atoms with Crippen LogP contribution < -0.4 is 0 Å². The average molecular weight is 312 g/mol. The van der Waals surface area contributed by atoms with E-state index in [1.54, 1.807) is 0 Å². The highest BCUT2D eigenvalue weighted by molar-refractivity contribution is 6.31. The lowest BCUT2D eigenvalue weighted by Gasteiger charge is -2.28. The number of likely N-dealkylation sites (tertiary alicyclic amines) is 1. The third-order valence-corrected chi connectivity index (χ3v) is 4.54. The molecule has 1 aromatic carbocycles. The lowest BCUT2D eigenvalue weighted by Crippen LogP contribution is -2.40.